The van der Waals surface area contributed by atoms with E-state index in [9.17, 15) is 4.79 Å². The molecule has 0 saturated carbocycles. The molecule has 2 rings (SSSR count). The number of rotatable bonds is 5. The van der Waals surface area contributed by atoms with Crippen LogP contribution < -0.4 is 5.32 Å². The molecule has 2 saturated heterocycles. The Morgan fingerprint density at radius 2 is 2.26 bits per heavy atom. The van der Waals surface area contributed by atoms with Crippen molar-refractivity contribution in [2.24, 2.45) is 5.92 Å². The van der Waals surface area contributed by atoms with Crippen LogP contribution in [0, 0.1) is 5.92 Å². The minimum Gasteiger partial charge on any atom is -0.324 e. The first kappa shape index (κ1) is 15.2. The van der Waals surface area contributed by atoms with E-state index in [1.165, 1.54) is 18.6 Å². The summed E-state index contributed by atoms with van der Waals surface area (Å²) >= 11 is 2.04. The molecule has 2 heterocycles. The van der Waals surface area contributed by atoms with Crippen molar-refractivity contribution in [3.05, 3.63) is 0 Å². The third-order valence-electron chi connectivity index (χ3n) is 4.33. The zero-order valence-electron chi connectivity index (χ0n) is 12.7. The number of nitrogens with one attached hydrogen (secondary N) is 1. The van der Waals surface area contributed by atoms with Gasteiger partial charge in [0, 0.05) is 11.3 Å². The van der Waals surface area contributed by atoms with E-state index < -0.39 is 0 Å². The molecule has 0 radical (unpaired) electrons. The van der Waals surface area contributed by atoms with E-state index in [4.69, 9.17) is 0 Å². The van der Waals surface area contributed by atoms with Gasteiger partial charge in [0.1, 0.15) is 0 Å². The highest BCUT2D eigenvalue weighted by atomic mass is 32.2. The average molecular weight is 284 g/mol. The molecule has 3 unspecified atom stereocenters. The van der Waals surface area contributed by atoms with Gasteiger partial charge in [0.2, 0.25) is 5.91 Å². The van der Waals surface area contributed by atoms with Gasteiger partial charge in [-0.2, -0.15) is 11.8 Å². The molecule has 2 fully saturated rings. The molecule has 3 atom stereocenters. The van der Waals surface area contributed by atoms with Crippen molar-refractivity contribution in [3.63, 3.8) is 0 Å². The third kappa shape index (κ3) is 3.27. The molecular formula is C15H28N2OS. The smallest absolute Gasteiger partial charge is 0.241 e. The molecule has 0 spiro atoms. The molecule has 4 heteroatoms. The van der Waals surface area contributed by atoms with E-state index in [0.29, 0.717) is 11.8 Å². The number of hydrogen-bond acceptors (Lipinski definition) is 3. The van der Waals surface area contributed by atoms with Gasteiger partial charge >= 0.3 is 0 Å². The van der Waals surface area contributed by atoms with Gasteiger partial charge in [-0.15, -0.1) is 0 Å². The normalized spacial score (nSPS) is 35.6. The van der Waals surface area contributed by atoms with Crippen molar-refractivity contribution in [3.8, 4) is 0 Å². The van der Waals surface area contributed by atoms with Crippen LogP contribution in [0.4, 0.5) is 0 Å². The standard InChI is InChI=1S/C15H28N2OS/c1-5-7-12-16-13(11(2)3)14(18)17(12)10-15(4)8-6-9-19-15/h11-13,16H,5-10H2,1-4H3. The average Bonchev–Trinajstić information content (AvgIpc) is 2.89. The van der Waals surface area contributed by atoms with Crippen LogP contribution in [0.5, 0.6) is 0 Å². The summed E-state index contributed by atoms with van der Waals surface area (Å²) in [7, 11) is 0. The summed E-state index contributed by atoms with van der Waals surface area (Å²) in [6, 6.07) is 0.0200. The monoisotopic (exact) mass is 284 g/mol. The van der Waals surface area contributed by atoms with Gasteiger partial charge in [-0.3, -0.25) is 10.1 Å². The SMILES string of the molecule is CCCC1NC(C(C)C)C(=O)N1CC1(C)CCCS1. The molecule has 1 N–H and O–H groups in total. The zero-order valence-corrected chi connectivity index (χ0v) is 13.6. The summed E-state index contributed by atoms with van der Waals surface area (Å²) in [6.07, 6.45) is 4.98. The largest absolute Gasteiger partial charge is 0.324 e. The van der Waals surface area contributed by atoms with Crippen LogP contribution >= 0.6 is 11.8 Å². The molecule has 0 bridgehead atoms. The lowest BCUT2D eigenvalue weighted by Crippen LogP contribution is -2.44. The molecule has 0 aliphatic carbocycles. The van der Waals surface area contributed by atoms with E-state index in [2.05, 4.69) is 37.9 Å². The maximum absolute atomic E-state index is 12.6. The highest BCUT2D eigenvalue weighted by Crippen LogP contribution is 2.39. The zero-order chi connectivity index (χ0) is 14.0. The second-order valence-corrected chi connectivity index (χ2v) is 8.24. The fourth-order valence-corrected chi connectivity index (χ4v) is 4.50. The summed E-state index contributed by atoms with van der Waals surface area (Å²) in [6.45, 7) is 9.70. The van der Waals surface area contributed by atoms with Crippen molar-refractivity contribution < 1.29 is 4.79 Å². The molecule has 2 aliphatic heterocycles. The number of amides is 1. The van der Waals surface area contributed by atoms with E-state index in [0.717, 1.165) is 19.4 Å². The predicted molar refractivity (Wildman–Crippen MR) is 82.3 cm³/mol. The minimum atomic E-state index is 0.0200. The van der Waals surface area contributed by atoms with E-state index in [1.54, 1.807) is 0 Å². The minimum absolute atomic E-state index is 0.0200. The molecule has 19 heavy (non-hydrogen) atoms. The van der Waals surface area contributed by atoms with Gasteiger partial charge in [-0.1, -0.05) is 27.2 Å². The topological polar surface area (TPSA) is 32.3 Å². The summed E-state index contributed by atoms with van der Waals surface area (Å²) in [5, 5.41) is 3.55. The Bertz CT molecular complexity index is 326. The highest BCUT2D eigenvalue weighted by Gasteiger charge is 2.43. The summed E-state index contributed by atoms with van der Waals surface area (Å²) < 4.78 is 0.273. The van der Waals surface area contributed by atoms with E-state index in [-0.39, 0.29) is 17.0 Å². The Hall–Kier alpha value is -0.220. The molecule has 0 aromatic heterocycles. The summed E-state index contributed by atoms with van der Waals surface area (Å²) in [5.74, 6) is 1.95. The summed E-state index contributed by atoms with van der Waals surface area (Å²) in [5.41, 5.74) is 0. The first-order valence-corrected chi connectivity index (χ1v) is 8.66. The molecule has 2 aliphatic rings. The lowest BCUT2D eigenvalue weighted by Gasteiger charge is -2.32. The maximum Gasteiger partial charge on any atom is 0.241 e. The molecule has 0 aromatic carbocycles. The first-order chi connectivity index (χ1) is 8.97. The van der Waals surface area contributed by atoms with E-state index >= 15 is 0 Å². The van der Waals surface area contributed by atoms with Gasteiger partial charge in [0.05, 0.1) is 12.2 Å². The summed E-state index contributed by atoms with van der Waals surface area (Å²) in [4.78, 5) is 14.7. The molecule has 3 nitrogen and oxygen atoms in total. The fraction of sp³-hybridized carbons (Fsp3) is 0.933. The van der Waals surface area contributed by atoms with Gasteiger partial charge in [0.25, 0.3) is 0 Å². The number of nitrogens with zero attached hydrogens (tertiary/aromatic N) is 1. The van der Waals surface area contributed by atoms with Crippen molar-refractivity contribution in [1.29, 1.82) is 0 Å². The highest BCUT2D eigenvalue weighted by molar-refractivity contribution is 8.00. The predicted octanol–water partition coefficient (Wildman–Crippen LogP) is 2.85. The Balaban J connectivity index is 2.08. The van der Waals surface area contributed by atoms with Crippen molar-refractivity contribution >= 4 is 17.7 Å². The van der Waals surface area contributed by atoms with Crippen LogP contribution in [0.2, 0.25) is 0 Å². The molecule has 1 amide bonds. The number of hydrogen-bond donors (Lipinski definition) is 1. The van der Waals surface area contributed by atoms with Gasteiger partial charge in [0.15, 0.2) is 0 Å². The van der Waals surface area contributed by atoms with Crippen LogP contribution in [0.1, 0.15) is 53.4 Å². The Morgan fingerprint density at radius 1 is 1.53 bits per heavy atom. The fourth-order valence-electron chi connectivity index (χ4n) is 3.20. The van der Waals surface area contributed by atoms with Crippen LogP contribution in [0.25, 0.3) is 0 Å². The molecule has 0 aromatic rings. The van der Waals surface area contributed by atoms with Crippen LogP contribution in [0.3, 0.4) is 0 Å². The second-order valence-electron chi connectivity index (χ2n) is 6.56. The van der Waals surface area contributed by atoms with Gasteiger partial charge in [-0.25, -0.2) is 0 Å². The van der Waals surface area contributed by atoms with Gasteiger partial charge < -0.3 is 4.90 Å². The van der Waals surface area contributed by atoms with Crippen molar-refractivity contribution in [2.75, 3.05) is 12.3 Å². The van der Waals surface area contributed by atoms with Crippen LogP contribution in [0.15, 0.2) is 0 Å². The van der Waals surface area contributed by atoms with Gasteiger partial charge in [-0.05, 0) is 37.9 Å². The Morgan fingerprint density at radius 3 is 2.79 bits per heavy atom. The van der Waals surface area contributed by atoms with Crippen LogP contribution in [-0.2, 0) is 4.79 Å². The lowest BCUT2D eigenvalue weighted by atomic mass is 10.0. The molecular weight excluding hydrogens is 256 g/mol. The Kier molecular flexibility index (Phi) is 4.83. The lowest BCUT2D eigenvalue weighted by molar-refractivity contribution is -0.131. The molecule has 110 valence electrons. The van der Waals surface area contributed by atoms with E-state index in [1.807, 2.05) is 11.8 Å². The second kappa shape index (κ2) is 6.04. The van der Waals surface area contributed by atoms with Crippen LogP contribution in [-0.4, -0.2) is 40.1 Å². The number of carbonyl (C=O) groups excluding carboxylic acids is 1. The third-order valence-corrected chi connectivity index (χ3v) is 5.85. The van der Waals surface area contributed by atoms with Crippen molar-refractivity contribution in [2.45, 2.75) is 70.3 Å². The Labute approximate surface area is 121 Å². The maximum atomic E-state index is 12.6. The first-order valence-electron chi connectivity index (χ1n) is 7.67. The number of carbonyl (C=O) groups is 1. The quantitative estimate of drug-likeness (QED) is 0.842. The van der Waals surface area contributed by atoms with Crippen molar-refractivity contribution in [1.82, 2.24) is 10.2 Å². The number of thioether (sulfide) groups is 1.